The number of rotatable bonds is 3. The first-order chi connectivity index (χ1) is 9.54. The fraction of sp³-hybridized carbons (Fsp3) is 0.500. The summed E-state index contributed by atoms with van der Waals surface area (Å²) in [5.41, 5.74) is 0. The summed E-state index contributed by atoms with van der Waals surface area (Å²) in [6.45, 7) is 3.56. The minimum Gasteiger partial charge on any atom is -0.427 e. The predicted octanol–water partition coefficient (Wildman–Crippen LogP) is 3.34. The normalized spacial score (nSPS) is 22.1. The van der Waals surface area contributed by atoms with Gasteiger partial charge in [0.1, 0.15) is 11.5 Å². The summed E-state index contributed by atoms with van der Waals surface area (Å²) in [5.74, 6) is 1.14. The maximum Gasteiger partial charge on any atom is 0.314 e. The number of hydrogen-bond donors (Lipinski definition) is 0. The molecule has 0 N–H and O–H groups in total. The smallest absolute Gasteiger partial charge is 0.314 e. The molecule has 0 aromatic heterocycles. The van der Waals surface area contributed by atoms with E-state index >= 15 is 0 Å². The van der Waals surface area contributed by atoms with Crippen LogP contribution in [-0.2, 0) is 9.59 Å². The molecule has 0 radical (unpaired) electrons. The first-order valence-electron chi connectivity index (χ1n) is 7.05. The minimum atomic E-state index is -0.369. The molecule has 0 heterocycles. The Morgan fingerprint density at radius 3 is 1.95 bits per heavy atom. The van der Waals surface area contributed by atoms with Gasteiger partial charge in [0.05, 0.1) is 5.92 Å². The van der Waals surface area contributed by atoms with E-state index in [-0.39, 0.29) is 17.9 Å². The third kappa shape index (κ3) is 4.08. The lowest BCUT2D eigenvalue weighted by Gasteiger charge is -2.24. The second kappa shape index (κ2) is 6.55. The molecule has 2 rings (SSSR count). The third-order valence-electron chi connectivity index (χ3n) is 3.65. The number of carbonyl (C=O) groups is 2. The standard InChI is InChI=1S/C16H20O4/c1-11-3-5-13(6-4-11)16(18)20-15-9-7-14(8-10-15)19-12(2)17/h7-11,13H,3-6H2,1-2H3. The van der Waals surface area contributed by atoms with Gasteiger partial charge < -0.3 is 9.47 Å². The first-order valence-corrected chi connectivity index (χ1v) is 7.05. The highest BCUT2D eigenvalue weighted by Gasteiger charge is 2.25. The van der Waals surface area contributed by atoms with Gasteiger partial charge in [-0.15, -0.1) is 0 Å². The second-order valence-corrected chi connectivity index (χ2v) is 5.44. The van der Waals surface area contributed by atoms with Crippen LogP contribution in [-0.4, -0.2) is 11.9 Å². The molecule has 1 aromatic rings. The van der Waals surface area contributed by atoms with Gasteiger partial charge in [0.25, 0.3) is 0 Å². The third-order valence-corrected chi connectivity index (χ3v) is 3.65. The van der Waals surface area contributed by atoms with Crippen molar-refractivity contribution in [3.8, 4) is 11.5 Å². The molecule has 0 bridgehead atoms. The number of hydrogen-bond acceptors (Lipinski definition) is 4. The number of ether oxygens (including phenoxy) is 2. The van der Waals surface area contributed by atoms with Crippen molar-refractivity contribution in [3.63, 3.8) is 0 Å². The topological polar surface area (TPSA) is 52.6 Å². The molecule has 0 aliphatic heterocycles. The Morgan fingerprint density at radius 1 is 0.950 bits per heavy atom. The Labute approximate surface area is 119 Å². The quantitative estimate of drug-likeness (QED) is 0.627. The van der Waals surface area contributed by atoms with E-state index in [0.717, 1.165) is 25.7 Å². The fourth-order valence-corrected chi connectivity index (χ4v) is 2.44. The van der Waals surface area contributed by atoms with Crippen molar-refractivity contribution in [2.45, 2.75) is 39.5 Å². The van der Waals surface area contributed by atoms with E-state index in [9.17, 15) is 9.59 Å². The van der Waals surface area contributed by atoms with E-state index in [1.807, 2.05) is 0 Å². The Bertz CT molecular complexity index is 470. The van der Waals surface area contributed by atoms with Crippen molar-refractivity contribution >= 4 is 11.9 Å². The molecule has 0 atom stereocenters. The highest BCUT2D eigenvalue weighted by atomic mass is 16.5. The van der Waals surface area contributed by atoms with Crippen LogP contribution in [0, 0.1) is 11.8 Å². The molecule has 4 heteroatoms. The minimum absolute atomic E-state index is 0.0133. The second-order valence-electron chi connectivity index (χ2n) is 5.44. The summed E-state index contributed by atoms with van der Waals surface area (Å²) < 4.78 is 10.3. The average Bonchev–Trinajstić information content (AvgIpc) is 2.41. The van der Waals surface area contributed by atoms with Gasteiger partial charge in [0.15, 0.2) is 0 Å². The number of esters is 2. The summed E-state index contributed by atoms with van der Waals surface area (Å²) in [7, 11) is 0. The lowest BCUT2D eigenvalue weighted by atomic mass is 9.83. The van der Waals surface area contributed by atoms with Gasteiger partial charge in [0.2, 0.25) is 0 Å². The Morgan fingerprint density at radius 2 is 1.45 bits per heavy atom. The van der Waals surface area contributed by atoms with E-state index in [2.05, 4.69) is 6.92 Å². The fourth-order valence-electron chi connectivity index (χ4n) is 2.44. The molecule has 1 aliphatic carbocycles. The van der Waals surface area contributed by atoms with E-state index in [1.54, 1.807) is 24.3 Å². The van der Waals surface area contributed by atoms with Gasteiger partial charge in [-0.1, -0.05) is 6.92 Å². The molecule has 1 fully saturated rings. The molecule has 1 saturated carbocycles. The maximum atomic E-state index is 12.0. The molecule has 0 saturated heterocycles. The van der Waals surface area contributed by atoms with E-state index in [4.69, 9.17) is 9.47 Å². The summed E-state index contributed by atoms with van der Waals surface area (Å²) >= 11 is 0. The van der Waals surface area contributed by atoms with Crippen molar-refractivity contribution in [2.75, 3.05) is 0 Å². The van der Waals surface area contributed by atoms with Crippen LogP contribution < -0.4 is 9.47 Å². The molecule has 1 aliphatic rings. The highest BCUT2D eigenvalue weighted by molar-refractivity contribution is 5.75. The number of benzene rings is 1. The van der Waals surface area contributed by atoms with Crippen LogP contribution in [0.4, 0.5) is 0 Å². The molecule has 0 spiro atoms. The zero-order valence-electron chi connectivity index (χ0n) is 11.9. The van der Waals surface area contributed by atoms with Gasteiger partial charge >= 0.3 is 11.9 Å². The summed E-state index contributed by atoms with van der Waals surface area (Å²) in [5, 5.41) is 0. The zero-order chi connectivity index (χ0) is 14.5. The average molecular weight is 276 g/mol. The first kappa shape index (κ1) is 14.6. The van der Waals surface area contributed by atoms with Crippen LogP contribution in [0.3, 0.4) is 0 Å². The lowest BCUT2D eigenvalue weighted by Crippen LogP contribution is -2.24. The largest absolute Gasteiger partial charge is 0.427 e. The van der Waals surface area contributed by atoms with Crippen LogP contribution in [0.25, 0.3) is 0 Å². The van der Waals surface area contributed by atoms with Crippen LogP contribution >= 0.6 is 0 Å². The van der Waals surface area contributed by atoms with Crippen molar-refractivity contribution in [3.05, 3.63) is 24.3 Å². The summed E-state index contributed by atoms with van der Waals surface area (Å²) in [6, 6.07) is 6.52. The van der Waals surface area contributed by atoms with Gasteiger partial charge in [-0.3, -0.25) is 9.59 Å². The van der Waals surface area contributed by atoms with Gasteiger partial charge in [-0.25, -0.2) is 0 Å². The summed E-state index contributed by atoms with van der Waals surface area (Å²) in [6.07, 6.45) is 3.99. The molecule has 4 nitrogen and oxygen atoms in total. The monoisotopic (exact) mass is 276 g/mol. The molecule has 108 valence electrons. The van der Waals surface area contributed by atoms with Crippen LogP contribution in [0.1, 0.15) is 39.5 Å². The van der Waals surface area contributed by atoms with Crippen LogP contribution in [0.15, 0.2) is 24.3 Å². The van der Waals surface area contributed by atoms with Gasteiger partial charge in [0, 0.05) is 6.92 Å². The number of carbonyl (C=O) groups excluding carboxylic acids is 2. The molecule has 0 amide bonds. The van der Waals surface area contributed by atoms with Gasteiger partial charge in [-0.05, 0) is 55.9 Å². The lowest BCUT2D eigenvalue weighted by molar-refractivity contribution is -0.140. The molecular weight excluding hydrogens is 256 g/mol. The van der Waals surface area contributed by atoms with E-state index in [0.29, 0.717) is 17.4 Å². The Kier molecular flexibility index (Phi) is 4.77. The van der Waals surface area contributed by atoms with Crippen LogP contribution in [0.5, 0.6) is 11.5 Å². The van der Waals surface area contributed by atoms with Crippen molar-refractivity contribution in [1.82, 2.24) is 0 Å². The molecule has 0 unspecified atom stereocenters. The molecule has 1 aromatic carbocycles. The molecular formula is C16H20O4. The van der Waals surface area contributed by atoms with Crippen molar-refractivity contribution in [2.24, 2.45) is 11.8 Å². The Balaban J connectivity index is 1.89. The SMILES string of the molecule is CC(=O)Oc1ccc(OC(=O)C2CCC(C)CC2)cc1. The van der Waals surface area contributed by atoms with Crippen LogP contribution in [0.2, 0.25) is 0 Å². The Hall–Kier alpha value is -1.84. The molecule has 20 heavy (non-hydrogen) atoms. The predicted molar refractivity (Wildman–Crippen MR) is 74.5 cm³/mol. The van der Waals surface area contributed by atoms with Gasteiger partial charge in [-0.2, -0.15) is 0 Å². The maximum absolute atomic E-state index is 12.0. The van der Waals surface area contributed by atoms with E-state index < -0.39 is 0 Å². The summed E-state index contributed by atoms with van der Waals surface area (Å²) in [4.78, 5) is 22.8. The van der Waals surface area contributed by atoms with E-state index in [1.165, 1.54) is 6.92 Å². The van der Waals surface area contributed by atoms with Crippen molar-refractivity contribution < 1.29 is 19.1 Å². The van der Waals surface area contributed by atoms with Crippen molar-refractivity contribution in [1.29, 1.82) is 0 Å². The zero-order valence-corrected chi connectivity index (χ0v) is 11.9. The highest BCUT2D eigenvalue weighted by Crippen LogP contribution is 2.29.